The molecule has 0 unspecified atom stereocenters. The fraction of sp³-hybridized carbons (Fsp3) is 1.00. The predicted octanol–water partition coefficient (Wildman–Crippen LogP) is 3.15. The summed E-state index contributed by atoms with van der Waals surface area (Å²) in [6.45, 7) is 4.56. The van der Waals surface area contributed by atoms with Crippen molar-refractivity contribution < 1.29 is 0 Å². The standard InChI is InChI=1S/C8H18P.Li/c1-3-5-7-9-8-6-4-2;/h3-8H2,1-2H3;/q-1;+1. The molecule has 0 bridgehead atoms. The van der Waals surface area contributed by atoms with Crippen LogP contribution in [0.3, 0.4) is 0 Å². The first-order valence-corrected chi connectivity index (χ1v) is 6.65. The van der Waals surface area contributed by atoms with Crippen molar-refractivity contribution in [3.8, 4) is 0 Å². The van der Waals surface area contributed by atoms with Gasteiger partial charge in [0.25, 0.3) is 0 Å². The van der Waals surface area contributed by atoms with Gasteiger partial charge in [-0.15, -0.1) is 0 Å². The Morgan fingerprint density at radius 2 is 1.40 bits per heavy atom. The van der Waals surface area contributed by atoms with Gasteiger partial charge in [-0.05, 0) is 0 Å². The maximum absolute atomic E-state index is 2.45. The second-order valence-electron chi connectivity index (χ2n) is 3.01. The van der Waals surface area contributed by atoms with Gasteiger partial charge >= 0.3 is 75.4 Å². The van der Waals surface area contributed by atoms with E-state index in [0.29, 0.717) is 6.35 Å². The van der Waals surface area contributed by atoms with Crippen LogP contribution in [0.1, 0.15) is 39.5 Å². The van der Waals surface area contributed by atoms with Crippen LogP contribution in [0.4, 0.5) is 0 Å². The molecule has 0 aliphatic carbocycles. The molecule has 0 amide bonds. The van der Waals surface area contributed by atoms with Crippen LogP contribution >= 0.6 is 6.35 Å². The maximum atomic E-state index is 2.45. The van der Waals surface area contributed by atoms with E-state index in [0.717, 1.165) is 0 Å². The topological polar surface area (TPSA) is 0 Å². The Balaban J connectivity index is 3.00. The summed E-state index contributed by atoms with van der Waals surface area (Å²) in [7, 11) is 0. The first-order chi connectivity index (χ1) is 4.81. The Bertz CT molecular complexity index is 58.3. The number of hydrogen-bond acceptors (Lipinski definition) is 0. The van der Waals surface area contributed by atoms with E-state index in [1.54, 1.807) is 0 Å². The van der Waals surface area contributed by atoms with Crippen molar-refractivity contribution in [3.63, 3.8) is 0 Å². The van der Waals surface area contributed by atoms with Crippen LogP contribution in [0, 0.1) is 0 Å². The van der Waals surface area contributed by atoms with Crippen molar-refractivity contribution in [2.24, 2.45) is 0 Å². The zero-order chi connectivity index (χ0) is 7.82. The minimum absolute atomic E-state index is 0.408. The normalized spacial score (nSPS) is 10.9. The van der Waals surface area contributed by atoms with E-state index >= 15 is 0 Å². The van der Waals surface area contributed by atoms with Crippen molar-refractivity contribution in [2.45, 2.75) is 39.5 Å². The first-order valence-electron chi connectivity index (χ1n) is 4.49. The predicted molar refractivity (Wildman–Crippen MR) is 52.2 cm³/mol. The van der Waals surface area contributed by atoms with Crippen LogP contribution in [0.25, 0.3) is 0 Å². The van der Waals surface area contributed by atoms with Gasteiger partial charge in [0.15, 0.2) is 0 Å². The molecule has 0 atom stereocenters. The third-order valence-electron chi connectivity index (χ3n) is 1.79. The zero-order valence-corrected chi connectivity index (χ0v) is 8.58. The van der Waals surface area contributed by atoms with Gasteiger partial charge in [0, 0.05) is 0 Å². The Morgan fingerprint density at radius 1 is 1.00 bits per heavy atom. The Morgan fingerprint density at radius 3 is 1.70 bits per heavy atom. The van der Waals surface area contributed by atoms with Crippen molar-refractivity contribution >= 4 is 23.6 Å². The molecule has 0 saturated heterocycles. The molecule has 56 valence electrons. The molecule has 0 N–H and O–H groups in total. The average Bonchev–Trinajstić information content (AvgIpc) is 1.97. The van der Waals surface area contributed by atoms with Crippen molar-refractivity contribution in [1.29, 1.82) is 0 Å². The summed E-state index contributed by atoms with van der Waals surface area (Å²) in [4.78, 5) is 0. The molecule has 0 radical (unpaired) electrons. The second kappa shape index (κ2) is 8.13. The van der Waals surface area contributed by atoms with Crippen LogP contribution in [0.5, 0.6) is 0 Å². The monoisotopic (exact) mass is 152 g/mol. The van der Waals surface area contributed by atoms with Gasteiger partial charge in [-0.25, -0.2) is 0 Å². The third kappa shape index (κ3) is 7.14. The van der Waals surface area contributed by atoms with E-state index in [1.807, 2.05) is 0 Å². The van der Waals surface area contributed by atoms with Crippen LogP contribution in [0.2, 0.25) is 0 Å². The fourth-order valence-electron chi connectivity index (χ4n) is 0.968. The molecule has 0 aliphatic rings. The third-order valence-corrected chi connectivity index (χ3v) is 3.95. The molecule has 0 aromatic rings. The summed E-state index contributed by atoms with van der Waals surface area (Å²) >= 11 is 2.45. The van der Waals surface area contributed by atoms with Crippen LogP contribution in [-0.2, 0) is 0 Å². The van der Waals surface area contributed by atoms with E-state index < -0.39 is 0 Å². The van der Waals surface area contributed by atoms with Gasteiger partial charge in [-0.1, -0.05) is 0 Å². The summed E-state index contributed by atoms with van der Waals surface area (Å²) < 4.78 is 0. The van der Waals surface area contributed by atoms with Crippen molar-refractivity contribution in [3.05, 3.63) is 0 Å². The summed E-state index contributed by atoms with van der Waals surface area (Å²) in [5.74, 6) is 0. The average molecular weight is 152 g/mol. The van der Waals surface area contributed by atoms with Gasteiger partial charge in [0.1, 0.15) is 0 Å². The van der Waals surface area contributed by atoms with Gasteiger partial charge < -0.3 is 0 Å². The Labute approximate surface area is 75.7 Å². The van der Waals surface area contributed by atoms with E-state index in [9.17, 15) is 0 Å². The van der Waals surface area contributed by atoms with Gasteiger partial charge in [-0.2, -0.15) is 0 Å². The molecule has 0 rings (SSSR count). The number of hydrogen-bond donors (Lipinski definition) is 0. The summed E-state index contributed by atoms with van der Waals surface area (Å²) in [5.41, 5.74) is 0. The van der Waals surface area contributed by atoms with Crippen molar-refractivity contribution in [1.82, 2.24) is 0 Å². The van der Waals surface area contributed by atoms with Gasteiger partial charge in [0.2, 0.25) is 0 Å². The van der Waals surface area contributed by atoms with Crippen molar-refractivity contribution in [2.75, 3.05) is 12.3 Å². The summed E-state index contributed by atoms with van der Waals surface area (Å²) in [6.07, 6.45) is 9.07. The SMILES string of the molecule is [Li][P](CCCC)CCCC. The minimum atomic E-state index is 0.408. The fourth-order valence-corrected chi connectivity index (χ4v) is 2.90. The molecule has 0 nitrogen and oxygen atoms in total. The van der Waals surface area contributed by atoms with E-state index in [1.165, 1.54) is 38.0 Å². The van der Waals surface area contributed by atoms with Gasteiger partial charge in [-0.3, -0.25) is 0 Å². The molecule has 0 aromatic heterocycles. The Hall–Kier alpha value is 1.03. The molecular formula is C8H18LiP. The molecule has 0 aromatic carbocycles. The quantitative estimate of drug-likeness (QED) is 0.405. The second-order valence-corrected chi connectivity index (χ2v) is 5.62. The summed E-state index contributed by atoms with van der Waals surface area (Å²) in [5, 5.41) is 0. The Kier molecular flexibility index (Phi) is 8.96. The number of unbranched alkanes of at least 4 members (excludes halogenated alkanes) is 2. The van der Waals surface area contributed by atoms with E-state index in [-0.39, 0.29) is 0 Å². The van der Waals surface area contributed by atoms with E-state index in [4.69, 9.17) is 0 Å². The molecular weight excluding hydrogens is 134 g/mol. The molecule has 2 heteroatoms. The molecule has 10 heavy (non-hydrogen) atoms. The molecule has 0 heterocycles. The summed E-state index contributed by atoms with van der Waals surface area (Å²) in [6, 6.07) is 0. The first kappa shape index (κ1) is 11.0. The van der Waals surface area contributed by atoms with Gasteiger partial charge in [0.05, 0.1) is 0 Å². The zero-order valence-electron chi connectivity index (χ0n) is 7.69. The molecule has 0 fully saturated rings. The van der Waals surface area contributed by atoms with Crippen LogP contribution < -0.4 is 0 Å². The van der Waals surface area contributed by atoms with E-state index in [2.05, 4.69) is 31.1 Å². The molecule has 0 saturated carbocycles. The number of rotatable bonds is 6. The molecule has 0 aliphatic heterocycles. The molecule has 0 spiro atoms. The van der Waals surface area contributed by atoms with Crippen LogP contribution in [-0.4, -0.2) is 29.6 Å². The van der Waals surface area contributed by atoms with Crippen LogP contribution in [0.15, 0.2) is 0 Å².